The quantitative estimate of drug-likeness (QED) is 0.660. The molecule has 0 unspecified atom stereocenters. The zero-order valence-electron chi connectivity index (χ0n) is 11.7. The summed E-state index contributed by atoms with van der Waals surface area (Å²) in [7, 11) is 0. The van der Waals surface area contributed by atoms with Gasteiger partial charge in [-0.15, -0.1) is 0 Å². The maximum atomic E-state index is 13.5. The Morgan fingerprint density at radius 3 is 2.62 bits per heavy atom. The number of benzene rings is 2. The second-order valence-corrected chi connectivity index (χ2v) is 4.52. The van der Waals surface area contributed by atoms with Crippen molar-refractivity contribution in [2.75, 3.05) is 11.9 Å². The van der Waals surface area contributed by atoms with Crippen molar-refractivity contribution in [3.05, 3.63) is 57.9 Å². The van der Waals surface area contributed by atoms with E-state index >= 15 is 0 Å². The number of hydrogen-bond donors (Lipinski definition) is 1. The molecule has 110 valence electrons. The molecule has 0 heterocycles. The molecule has 0 fully saturated rings. The highest BCUT2D eigenvalue weighted by atomic mass is 19.1. The van der Waals surface area contributed by atoms with Crippen LogP contribution in [0.25, 0.3) is 0 Å². The van der Waals surface area contributed by atoms with Gasteiger partial charge in [-0.25, -0.2) is 4.39 Å². The fourth-order valence-corrected chi connectivity index (χ4v) is 1.83. The number of anilines is 1. The molecule has 0 saturated heterocycles. The first-order valence-electron chi connectivity index (χ1n) is 6.47. The molecule has 21 heavy (non-hydrogen) atoms. The highest BCUT2D eigenvalue weighted by Crippen LogP contribution is 2.30. The van der Waals surface area contributed by atoms with Gasteiger partial charge in [0, 0.05) is 30.4 Å². The van der Waals surface area contributed by atoms with Crippen molar-refractivity contribution in [1.29, 1.82) is 0 Å². The Labute approximate surface area is 121 Å². The van der Waals surface area contributed by atoms with Crippen LogP contribution in [0.4, 0.5) is 15.8 Å². The maximum absolute atomic E-state index is 13.5. The van der Waals surface area contributed by atoms with Gasteiger partial charge in [-0.1, -0.05) is 6.07 Å². The van der Waals surface area contributed by atoms with Crippen LogP contribution < -0.4 is 10.1 Å². The van der Waals surface area contributed by atoms with Gasteiger partial charge in [0.25, 0.3) is 5.69 Å². The van der Waals surface area contributed by atoms with E-state index in [0.29, 0.717) is 23.5 Å². The van der Waals surface area contributed by atoms with Gasteiger partial charge in [-0.2, -0.15) is 0 Å². The van der Waals surface area contributed by atoms with Crippen molar-refractivity contribution in [2.24, 2.45) is 0 Å². The molecular weight excluding hydrogens is 275 g/mol. The van der Waals surface area contributed by atoms with Crippen molar-refractivity contribution in [1.82, 2.24) is 0 Å². The molecule has 0 amide bonds. The number of rotatable bonds is 5. The molecule has 0 spiro atoms. The molecule has 2 aromatic rings. The Morgan fingerprint density at radius 1 is 1.24 bits per heavy atom. The SMILES string of the molecule is CCNc1cc(Oc2ccc(C)c(F)c2)cc([N+](=O)[O-])c1. The summed E-state index contributed by atoms with van der Waals surface area (Å²) in [5, 5.41) is 13.9. The van der Waals surface area contributed by atoms with Crippen molar-refractivity contribution in [3.8, 4) is 11.5 Å². The third kappa shape index (κ3) is 3.68. The molecule has 1 N–H and O–H groups in total. The fraction of sp³-hybridized carbons (Fsp3) is 0.200. The minimum absolute atomic E-state index is 0.0870. The molecule has 6 heteroatoms. The van der Waals surface area contributed by atoms with Crippen LogP contribution in [0.1, 0.15) is 12.5 Å². The van der Waals surface area contributed by atoms with Crippen molar-refractivity contribution >= 4 is 11.4 Å². The van der Waals surface area contributed by atoms with Gasteiger partial charge in [-0.05, 0) is 25.5 Å². The predicted molar refractivity (Wildman–Crippen MR) is 78.5 cm³/mol. The second kappa shape index (κ2) is 6.21. The summed E-state index contributed by atoms with van der Waals surface area (Å²) in [5.41, 5.74) is 1.00. The van der Waals surface area contributed by atoms with Gasteiger partial charge in [0.05, 0.1) is 11.0 Å². The van der Waals surface area contributed by atoms with E-state index in [0.717, 1.165) is 0 Å². The average molecular weight is 290 g/mol. The number of nitrogens with one attached hydrogen (secondary N) is 1. The van der Waals surface area contributed by atoms with Gasteiger partial charge in [-0.3, -0.25) is 10.1 Å². The number of ether oxygens (including phenoxy) is 1. The van der Waals surface area contributed by atoms with E-state index in [1.807, 2.05) is 6.92 Å². The lowest BCUT2D eigenvalue weighted by Gasteiger charge is -2.09. The highest BCUT2D eigenvalue weighted by molar-refractivity contribution is 5.57. The van der Waals surface area contributed by atoms with Gasteiger partial charge in [0.2, 0.25) is 0 Å². The first-order valence-corrected chi connectivity index (χ1v) is 6.47. The molecular formula is C15H15FN2O3. The van der Waals surface area contributed by atoms with Crippen molar-refractivity contribution in [3.63, 3.8) is 0 Å². The Morgan fingerprint density at radius 2 is 2.00 bits per heavy atom. The highest BCUT2D eigenvalue weighted by Gasteiger charge is 2.11. The number of nitro groups is 1. The summed E-state index contributed by atoms with van der Waals surface area (Å²) in [6.07, 6.45) is 0. The minimum Gasteiger partial charge on any atom is -0.457 e. The first kappa shape index (κ1) is 14.8. The Balaban J connectivity index is 2.33. The molecule has 0 aliphatic carbocycles. The molecule has 0 saturated carbocycles. The van der Waals surface area contributed by atoms with E-state index in [1.54, 1.807) is 25.1 Å². The number of hydrogen-bond acceptors (Lipinski definition) is 4. The molecule has 0 aromatic heterocycles. The molecule has 2 rings (SSSR count). The summed E-state index contributed by atoms with van der Waals surface area (Å²) >= 11 is 0. The van der Waals surface area contributed by atoms with Crippen molar-refractivity contribution < 1.29 is 14.1 Å². The third-order valence-electron chi connectivity index (χ3n) is 2.86. The van der Waals surface area contributed by atoms with E-state index in [-0.39, 0.29) is 17.3 Å². The lowest BCUT2D eigenvalue weighted by atomic mass is 10.2. The van der Waals surface area contributed by atoms with Crippen LogP contribution in [-0.4, -0.2) is 11.5 Å². The van der Waals surface area contributed by atoms with Crippen LogP contribution in [0, 0.1) is 22.9 Å². The number of non-ortho nitro benzene ring substituents is 1. The second-order valence-electron chi connectivity index (χ2n) is 4.52. The first-order chi connectivity index (χ1) is 9.99. The van der Waals surface area contributed by atoms with E-state index < -0.39 is 4.92 Å². The molecule has 2 aromatic carbocycles. The summed E-state index contributed by atoms with van der Waals surface area (Å²) < 4.78 is 19.0. The topological polar surface area (TPSA) is 64.4 Å². The lowest BCUT2D eigenvalue weighted by molar-refractivity contribution is -0.384. The minimum atomic E-state index is -0.497. The van der Waals surface area contributed by atoms with Crippen LogP contribution in [0.5, 0.6) is 11.5 Å². The Hall–Kier alpha value is -2.63. The van der Waals surface area contributed by atoms with Crippen LogP contribution in [0.2, 0.25) is 0 Å². The largest absolute Gasteiger partial charge is 0.457 e. The fourth-order valence-electron chi connectivity index (χ4n) is 1.83. The molecule has 0 aliphatic heterocycles. The summed E-state index contributed by atoms with van der Waals surface area (Å²) in [6.45, 7) is 4.16. The summed E-state index contributed by atoms with van der Waals surface area (Å²) in [6, 6.07) is 8.82. The molecule has 0 bridgehead atoms. The van der Waals surface area contributed by atoms with Gasteiger partial charge in [0.15, 0.2) is 0 Å². The maximum Gasteiger partial charge on any atom is 0.275 e. The van der Waals surface area contributed by atoms with Gasteiger partial charge >= 0.3 is 0 Å². The van der Waals surface area contributed by atoms with E-state index in [1.165, 1.54) is 18.2 Å². The Kier molecular flexibility index (Phi) is 4.37. The number of halogens is 1. The predicted octanol–water partition coefficient (Wildman–Crippen LogP) is 4.27. The smallest absolute Gasteiger partial charge is 0.275 e. The number of nitro benzene ring substituents is 1. The summed E-state index contributed by atoms with van der Waals surface area (Å²) in [4.78, 5) is 10.4. The van der Waals surface area contributed by atoms with E-state index in [9.17, 15) is 14.5 Å². The number of nitrogens with zero attached hydrogens (tertiary/aromatic N) is 1. The van der Waals surface area contributed by atoms with Crippen molar-refractivity contribution in [2.45, 2.75) is 13.8 Å². The zero-order valence-corrected chi connectivity index (χ0v) is 11.7. The molecule has 5 nitrogen and oxygen atoms in total. The van der Waals surface area contributed by atoms with E-state index in [2.05, 4.69) is 5.32 Å². The molecule has 0 radical (unpaired) electrons. The third-order valence-corrected chi connectivity index (χ3v) is 2.86. The van der Waals surface area contributed by atoms with Crippen LogP contribution in [0.3, 0.4) is 0 Å². The Bertz CT molecular complexity index is 674. The van der Waals surface area contributed by atoms with Gasteiger partial charge < -0.3 is 10.1 Å². The lowest BCUT2D eigenvalue weighted by Crippen LogP contribution is -1.98. The average Bonchev–Trinajstić information content (AvgIpc) is 2.43. The normalized spacial score (nSPS) is 10.2. The zero-order chi connectivity index (χ0) is 15.4. The van der Waals surface area contributed by atoms with Crippen LogP contribution in [-0.2, 0) is 0 Å². The van der Waals surface area contributed by atoms with Crippen LogP contribution >= 0.6 is 0 Å². The molecule has 0 aliphatic rings. The number of aryl methyl sites for hydroxylation is 1. The van der Waals surface area contributed by atoms with Crippen LogP contribution in [0.15, 0.2) is 36.4 Å². The standard InChI is InChI=1S/C15H15FN2O3/c1-3-17-11-6-12(18(19)20)8-14(7-11)21-13-5-4-10(2)15(16)9-13/h4-9,17H,3H2,1-2H3. The van der Waals surface area contributed by atoms with Gasteiger partial charge in [0.1, 0.15) is 17.3 Å². The van der Waals surface area contributed by atoms with E-state index in [4.69, 9.17) is 4.74 Å². The monoisotopic (exact) mass is 290 g/mol. The summed E-state index contributed by atoms with van der Waals surface area (Å²) in [5.74, 6) is 0.189. The molecule has 0 atom stereocenters.